The summed E-state index contributed by atoms with van der Waals surface area (Å²) in [6.07, 6.45) is 1.63. The summed E-state index contributed by atoms with van der Waals surface area (Å²) >= 11 is 0. The largest absolute Gasteiger partial charge is 0.377 e. The number of carbonyl (C=O) groups excluding carboxylic acids is 1. The molecule has 1 N–H and O–H groups in total. The van der Waals surface area contributed by atoms with Gasteiger partial charge in [0.25, 0.3) is 0 Å². The van der Waals surface area contributed by atoms with Gasteiger partial charge in [0.1, 0.15) is 6.04 Å². The smallest absolute Gasteiger partial charge is 0.226 e. The molecule has 1 aliphatic heterocycles. The average Bonchev–Trinajstić information content (AvgIpc) is 2.72. The average molecular weight is 224 g/mol. The molecule has 3 unspecified atom stereocenters. The summed E-state index contributed by atoms with van der Waals surface area (Å²) in [5, 5.41) is 11.7. The van der Waals surface area contributed by atoms with Crippen LogP contribution in [0.5, 0.6) is 0 Å². The van der Waals surface area contributed by atoms with Gasteiger partial charge in [-0.25, -0.2) is 0 Å². The van der Waals surface area contributed by atoms with Gasteiger partial charge in [-0.1, -0.05) is 20.8 Å². The summed E-state index contributed by atoms with van der Waals surface area (Å²) in [4.78, 5) is 11.9. The number of ether oxygens (including phenoxy) is 1. The molecular weight excluding hydrogens is 204 g/mol. The highest BCUT2D eigenvalue weighted by atomic mass is 16.5. The second-order valence-corrected chi connectivity index (χ2v) is 4.57. The molecule has 1 aliphatic rings. The molecule has 3 atom stereocenters. The zero-order valence-corrected chi connectivity index (χ0v) is 10.2. The van der Waals surface area contributed by atoms with Crippen LogP contribution in [0.2, 0.25) is 0 Å². The van der Waals surface area contributed by atoms with E-state index >= 15 is 0 Å². The normalized spacial score (nSPS) is 26.4. The first-order chi connectivity index (χ1) is 7.60. The van der Waals surface area contributed by atoms with E-state index in [1.165, 1.54) is 0 Å². The summed E-state index contributed by atoms with van der Waals surface area (Å²) < 4.78 is 5.47. The number of nitrogens with zero attached hydrogens (tertiary/aromatic N) is 1. The molecule has 90 valence electrons. The van der Waals surface area contributed by atoms with Crippen molar-refractivity contribution >= 4 is 5.91 Å². The topological polar surface area (TPSA) is 62.1 Å². The van der Waals surface area contributed by atoms with Gasteiger partial charge in [-0.3, -0.25) is 4.79 Å². The van der Waals surface area contributed by atoms with E-state index in [9.17, 15) is 4.79 Å². The lowest BCUT2D eigenvalue weighted by molar-refractivity contribution is -0.127. The van der Waals surface area contributed by atoms with Gasteiger partial charge in [0, 0.05) is 6.61 Å². The molecule has 1 amide bonds. The highest BCUT2D eigenvalue weighted by molar-refractivity contribution is 5.80. The molecular formula is C12H20N2O2. The maximum Gasteiger partial charge on any atom is 0.226 e. The Morgan fingerprint density at radius 3 is 2.81 bits per heavy atom. The van der Waals surface area contributed by atoms with Gasteiger partial charge in [0.15, 0.2) is 0 Å². The molecule has 4 heteroatoms. The number of rotatable bonds is 4. The summed E-state index contributed by atoms with van der Waals surface area (Å²) in [5.41, 5.74) is 0. The highest BCUT2D eigenvalue weighted by Gasteiger charge is 2.33. The Kier molecular flexibility index (Phi) is 4.75. The lowest BCUT2D eigenvalue weighted by Gasteiger charge is -2.20. The first-order valence-corrected chi connectivity index (χ1v) is 5.91. The SMILES string of the molecule is CCC1OCCC1C(=O)NC(C#N)C(C)C. The number of carbonyl (C=O) groups is 1. The van der Waals surface area contributed by atoms with Crippen molar-refractivity contribution in [3.63, 3.8) is 0 Å². The van der Waals surface area contributed by atoms with Crippen LogP contribution in [0.15, 0.2) is 0 Å². The first-order valence-electron chi connectivity index (χ1n) is 5.91. The number of hydrogen-bond donors (Lipinski definition) is 1. The monoisotopic (exact) mass is 224 g/mol. The third kappa shape index (κ3) is 2.96. The molecule has 16 heavy (non-hydrogen) atoms. The fourth-order valence-electron chi connectivity index (χ4n) is 1.96. The molecule has 0 bridgehead atoms. The molecule has 1 fully saturated rings. The van der Waals surface area contributed by atoms with Gasteiger partial charge in [0.2, 0.25) is 5.91 Å². The highest BCUT2D eigenvalue weighted by Crippen LogP contribution is 2.23. The number of nitriles is 1. The molecule has 0 aromatic carbocycles. The Balaban J connectivity index is 2.55. The minimum absolute atomic E-state index is 0.0199. The van der Waals surface area contributed by atoms with Crippen LogP contribution in [0.1, 0.15) is 33.6 Å². The lowest BCUT2D eigenvalue weighted by atomic mass is 9.97. The van der Waals surface area contributed by atoms with Crippen LogP contribution < -0.4 is 5.32 Å². The van der Waals surface area contributed by atoms with E-state index < -0.39 is 6.04 Å². The molecule has 0 aromatic heterocycles. The van der Waals surface area contributed by atoms with Crippen molar-refractivity contribution in [2.75, 3.05) is 6.61 Å². The fourth-order valence-corrected chi connectivity index (χ4v) is 1.96. The van der Waals surface area contributed by atoms with Gasteiger partial charge in [0.05, 0.1) is 18.1 Å². The Bertz CT molecular complexity index is 283. The van der Waals surface area contributed by atoms with Gasteiger partial charge in [-0.15, -0.1) is 0 Å². The molecule has 1 heterocycles. The van der Waals surface area contributed by atoms with E-state index in [1.54, 1.807) is 0 Å². The van der Waals surface area contributed by atoms with Gasteiger partial charge in [-0.2, -0.15) is 5.26 Å². The Hall–Kier alpha value is -1.08. The minimum atomic E-state index is -0.398. The fraction of sp³-hybridized carbons (Fsp3) is 0.833. The maximum atomic E-state index is 11.9. The first kappa shape index (κ1) is 13.0. The van der Waals surface area contributed by atoms with Crippen molar-refractivity contribution in [2.24, 2.45) is 11.8 Å². The predicted molar refractivity (Wildman–Crippen MR) is 60.5 cm³/mol. The van der Waals surface area contributed by atoms with E-state index in [0.29, 0.717) is 6.61 Å². The summed E-state index contributed by atoms with van der Waals surface area (Å²) in [5.74, 6) is 0.0144. The Morgan fingerprint density at radius 2 is 2.31 bits per heavy atom. The number of amides is 1. The molecule has 0 radical (unpaired) electrons. The van der Waals surface area contributed by atoms with Crippen LogP contribution >= 0.6 is 0 Å². The van der Waals surface area contributed by atoms with Crippen molar-refractivity contribution in [1.29, 1.82) is 5.26 Å². The van der Waals surface area contributed by atoms with Crippen LogP contribution in [0.4, 0.5) is 0 Å². The standard InChI is InChI=1S/C12H20N2O2/c1-4-11-9(5-6-16-11)12(15)14-10(7-13)8(2)3/h8-11H,4-6H2,1-3H3,(H,14,15). The molecule has 0 aromatic rings. The van der Waals surface area contributed by atoms with E-state index in [4.69, 9.17) is 10.00 Å². The quantitative estimate of drug-likeness (QED) is 0.786. The summed E-state index contributed by atoms with van der Waals surface area (Å²) in [7, 11) is 0. The van der Waals surface area contributed by atoms with Gasteiger partial charge >= 0.3 is 0 Å². The second kappa shape index (κ2) is 5.86. The van der Waals surface area contributed by atoms with Crippen LogP contribution in [-0.2, 0) is 9.53 Å². The zero-order valence-electron chi connectivity index (χ0n) is 10.2. The van der Waals surface area contributed by atoms with Gasteiger partial charge in [-0.05, 0) is 18.8 Å². The van der Waals surface area contributed by atoms with E-state index in [2.05, 4.69) is 11.4 Å². The second-order valence-electron chi connectivity index (χ2n) is 4.57. The predicted octanol–water partition coefficient (Wildman–Crippen LogP) is 1.47. The Morgan fingerprint density at radius 1 is 1.62 bits per heavy atom. The minimum Gasteiger partial charge on any atom is -0.377 e. The van der Waals surface area contributed by atoms with Crippen LogP contribution in [0, 0.1) is 23.2 Å². The molecule has 4 nitrogen and oxygen atoms in total. The van der Waals surface area contributed by atoms with Crippen molar-refractivity contribution in [1.82, 2.24) is 5.32 Å². The molecule has 1 saturated heterocycles. The molecule has 0 aliphatic carbocycles. The Labute approximate surface area is 97.0 Å². The van der Waals surface area contributed by atoms with Crippen molar-refractivity contribution in [3.05, 3.63) is 0 Å². The van der Waals surface area contributed by atoms with Crippen LogP contribution in [0.3, 0.4) is 0 Å². The third-order valence-electron chi connectivity index (χ3n) is 3.05. The van der Waals surface area contributed by atoms with E-state index in [-0.39, 0.29) is 23.8 Å². The summed E-state index contributed by atoms with van der Waals surface area (Å²) in [6, 6.07) is 1.72. The van der Waals surface area contributed by atoms with Gasteiger partial charge < -0.3 is 10.1 Å². The van der Waals surface area contributed by atoms with E-state index in [1.807, 2.05) is 20.8 Å². The summed E-state index contributed by atoms with van der Waals surface area (Å²) in [6.45, 7) is 6.52. The zero-order chi connectivity index (χ0) is 12.1. The van der Waals surface area contributed by atoms with Crippen molar-refractivity contribution in [2.45, 2.75) is 45.8 Å². The molecule has 1 rings (SSSR count). The number of nitrogens with one attached hydrogen (secondary N) is 1. The van der Waals surface area contributed by atoms with Crippen LogP contribution in [-0.4, -0.2) is 24.7 Å². The van der Waals surface area contributed by atoms with E-state index in [0.717, 1.165) is 12.8 Å². The third-order valence-corrected chi connectivity index (χ3v) is 3.05. The van der Waals surface area contributed by atoms with Crippen molar-refractivity contribution < 1.29 is 9.53 Å². The maximum absolute atomic E-state index is 11.9. The van der Waals surface area contributed by atoms with Crippen molar-refractivity contribution in [3.8, 4) is 6.07 Å². The lowest BCUT2D eigenvalue weighted by Crippen LogP contribution is -2.43. The van der Waals surface area contributed by atoms with Crippen LogP contribution in [0.25, 0.3) is 0 Å². The molecule has 0 saturated carbocycles. The molecule has 0 spiro atoms. The number of hydrogen-bond acceptors (Lipinski definition) is 3.